The number of benzene rings is 1. The summed E-state index contributed by atoms with van der Waals surface area (Å²) >= 11 is 2.42. The lowest BCUT2D eigenvalue weighted by Crippen LogP contribution is -2.29. The number of thioether (sulfide) groups is 1. The van der Waals surface area contributed by atoms with E-state index in [1.165, 1.54) is 23.3 Å². The number of aromatic nitrogens is 3. The SMILES string of the molecule is CCc1c(C#N)c(SCC(=O)Nc2nsc(-c3ccc(C)cc3)n2)nc2c1C(=O)CC(C)(C)C2. The first kappa shape index (κ1) is 24.0. The second kappa shape index (κ2) is 9.65. The number of anilines is 1. The van der Waals surface area contributed by atoms with Crippen LogP contribution in [0.5, 0.6) is 0 Å². The first-order chi connectivity index (χ1) is 16.2. The summed E-state index contributed by atoms with van der Waals surface area (Å²) in [7, 11) is 0. The van der Waals surface area contributed by atoms with Crippen molar-refractivity contribution < 1.29 is 9.59 Å². The second-order valence-corrected chi connectivity index (χ2v) is 10.8. The molecule has 0 aliphatic heterocycles. The lowest BCUT2D eigenvalue weighted by molar-refractivity contribution is -0.113. The third-order valence-electron chi connectivity index (χ3n) is 5.69. The topological polar surface area (TPSA) is 109 Å². The maximum absolute atomic E-state index is 12.8. The van der Waals surface area contributed by atoms with Crippen molar-refractivity contribution in [3.05, 3.63) is 52.2 Å². The van der Waals surface area contributed by atoms with Gasteiger partial charge in [0, 0.05) is 17.5 Å². The minimum atomic E-state index is -0.281. The molecule has 7 nitrogen and oxygen atoms in total. The molecule has 174 valence electrons. The molecule has 0 unspecified atom stereocenters. The van der Waals surface area contributed by atoms with Gasteiger partial charge in [0.1, 0.15) is 16.1 Å². The van der Waals surface area contributed by atoms with Crippen molar-refractivity contribution in [1.29, 1.82) is 5.26 Å². The van der Waals surface area contributed by atoms with Gasteiger partial charge in [0.05, 0.1) is 17.0 Å². The van der Waals surface area contributed by atoms with E-state index >= 15 is 0 Å². The summed E-state index contributed by atoms with van der Waals surface area (Å²) in [5.41, 5.74) is 4.37. The molecule has 2 heterocycles. The number of hydrogen-bond donors (Lipinski definition) is 1. The molecule has 0 atom stereocenters. The number of hydrogen-bond acceptors (Lipinski definition) is 8. The van der Waals surface area contributed by atoms with Crippen LogP contribution in [-0.4, -0.2) is 31.8 Å². The van der Waals surface area contributed by atoms with Crippen molar-refractivity contribution >= 4 is 40.9 Å². The fraction of sp³-hybridized carbons (Fsp3) is 0.360. The number of aryl methyl sites for hydroxylation is 1. The monoisotopic (exact) mass is 491 g/mol. The molecule has 4 rings (SSSR count). The van der Waals surface area contributed by atoms with Gasteiger partial charge in [-0.3, -0.25) is 14.9 Å². The Morgan fingerprint density at radius 2 is 1.97 bits per heavy atom. The minimum absolute atomic E-state index is 0.0420. The van der Waals surface area contributed by atoms with Crippen molar-refractivity contribution in [2.45, 2.75) is 52.0 Å². The molecule has 0 spiro atoms. The Hall–Kier alpha value is -3.09. The summed E-state index contributed by atoms with van der Waals surface area (Å²) in [6.07, 6.45) is 1.67. The normalized spacial score (nSPS) is 14.4. The van der Waals surface area contributed by atoms with Crippen LogP contribution in [0.1, 0.15) is 59.9 Å². The molecule has 0 bridgehead atoms. The molecular weight excluding hydrogens is 466 g/mol. The molecule has 0 fully saturated rings. The zero-order valence-electron chi connectivity index (χ0n) is 19.6. The number of carbonyl (C=O) groups is 2. The molecular formula is C25H25N5O2S2. The summed E-state index contributed by atoms with van der Waals surface area (Å²) in [5.74, 6) is 0.0724. The van der Waals surface area contributed by atoms with Crippen molar-refractivity contribution in [2.24, 2.45) is 5.41 Å². The molecule has 1 N–H and O–H groups in total. The molecule has 1 aromatic carbocycles. The van der Waals surface area contributed by atoms with E-state index in [-0.39, 0.29) is 28.8 Å². The quantitative estimate of drug-likeness (QED) is 0.470. The summed E-state index contributed by atoms with van der Waals surface area (Å²) in [6.45, 7) is 8.05. The molecule has 2 aromatic heterocycles. The average molecular weight is 492 g/mol. The molecule has 3 aromatic rings. The van der Waals surface area contributed by atoms with Crippen LogP contribution in [0, 0.1) is 23.7 Å². The fourth-order valence-electron chi connectivity index (χ4n) is 4.11. The summed E-state index contributed by atoms with van der Waals surface area (Å²) in [4.78, 5) is 34.5. The van der Waals surface area contributed by atoms with E-state index in [0.717, 1.165) is 27.4 Å². The Bertz CT molecular complexity index is 1310. The van der Waals surface area contributed by atoms with E-state index < -0.39 is 0 Å². The van der Waals surface area contributed by atoms with E-state index in [9.17, 15) is 14.9 Å². The van der Waals surface area contributed by atoms with E-state index in [2.05, 4.69) is 25.7 Å². The molecule has 1 amide bonds. The van der Waals surface area contributed by atoms with E-state index in [0.29, 0.717) is 35.4 Å². The van der Waals surface area contributed by atoms with Gasteiger partial charge in [-0.2, -0.15) is 14.6 Å². The third kappa shape index (κ3) is 5.03. The van der Waals surface area contributed by atoms with Crippen molar-refractivity contribution in [2.75, 3.05) is 11.1 Å². The van der Waals surface area contributed by atoms with E-state index in [4.69, 9.17) is 0 Å². The predicted octanol–water partition coefficient (Wildman–Crippen LogP) is 5.23. The smallest absolute Gasteiger partial charge is 0.241 e. The maximum atomic E-state index is 12.8. The standard InChI is InChI=1S/C25H25N5O2S2/c1-5-16-17(12-26)23(27-18-10-25(3,4)11-19(31)21(16)18)33-13-20(32)28-24-29-22(34-30-24)15-8-6-14(2)7-9-15/h6-9H,5,10-11,13H2,1-4H3,(H,28,30,32). The van der Waals surface area contributed by atoms with Crippen LogP contribution in [0.4, 0.5) is 5.95 Å². The van der Waals surface area contributed by atoms with Crippen LogP contribution in [0.2, 0.25) is 0 Å². The highest BCUT2D eigenvalue weighted by Crippen LogP contribution is 2.38. The van der Waals surface area contributed by atoms with Crippen LogP contribution in [0.25, 0.3) is 10.6 Å². The molecule has 0 saturated heterocycles. The summed E-state index contributed by atoms with van der Waals surface area (Å²) in [6, 6.07) is 10.2. The number of nitriles is 1. The molecule has 1 aliphatic rings. The molecule has 1 aliphatic carbocycles. The van der Waals surface area contributed by atoms with Gasteiger partial charge in [0.25, 0.3) is 0 Å². The van der Waals surface area contributed by atoms with Crippen LogP contribution >= 0.6 is 23.3 Å². The molecule has 34 heavy (non-hydrogen) atoms. The van der Waals surface area contributed by atoms with Crippen molar-refractivity contribution in [3.63, 3.8) is 0 Å². The zero-order chi connectivity index (χ0) is 24.5. The number of rotatable bonds is 6. The Balaban J connectivity index is 1.50. The Morgan fingerprint density at radius 1 is 1.24 bits per heavy atom. The zero-order valence-corrected chi connectivity index (χ0v) is 21.2. The number of nitrogens with zero attached hydrogens (tertiary/aromatic N) is 4. The number of fused-ring (bicyclic) bond motifs is 1. The van der Waals surface area contributed by atoms with Crippen LogP contribution in [0.15, 0.2) is 29.3 Å². The largest absolute Gasteiger partial charge is 0.294 e. The highest BCUT2D eigenvalue weighted by atomic mass is 32.2. The van der Waals surface area contributed by atoms with E-state index in [1.807, 2.05) is 52.0 Å². The maximum Gasteiger partial charge on any atom is 0.241 e. The van der Waals surface area contributed by atoms with Gasteiger partial charge in [-0.25, -0.2) is 4.98 Å². The summed E-state index contributed by atoms with van der Waals surface area (Å²) in [5, 5.41) is 13.8. The number of ketones is 1. The Kier molecular flexibility index (Phi) is 6.82. The lowest BCUT2D eigenvalue weighted by Gasteiger charge is -2.31. The molecule has 0 radical (unpaired) electrons. The Morgan fingerprint density at radius 3 is 2.65 bits per heavy atom. The number of pyridine rings is 1. The first-order valence-electron chi connectivity index (χ1n) is 11.0. The molecule has 0 saturated carbocycles. The van der Waals surface area contributed by atoms with Crippen LogP contribution < -0.4 is 5.32 Å². The third-order valence-corrected chi connectivity index (χ3v) is 7.43. The number of Topliss-reactive ketones (excluding diaryl/α,β-unsaturated/α-hetero) is 1. The van der Waals surface area contributed by atoms with Crippen molar-refractivity contribution in [3.8, 4) is 16.6 Å². The highest BCUT2D eigenvalue weighted by molar-refractivity contribution is 8.00. The highest BCUT2D eigenvalue weighted by Gasteiger charge is 2.35. The van der Waals surface area contributed by atoms with Crippen LogP contribution in [-0.2, 0) is 17.6 Å². The minimum Gasteiger partial charge on any atom is -0.294 e. The second-order valence-electron chi connectivity index (χ2n) is 9.12. The summed E-state index contributed by atoms with van der Waals surface area (Å²) < 4.78 is 4.24. The number of amides is 1. The van der Waals surface area contributed by atoms with Gasteiger partial charge in [-0.15, -0.1) is 0 Å². The Labute approximate surface area is 207 Å². The fourth-order valence-corrected chi connectivity index (χ4v) is 5.57. The average Bonchev–Trinajstić information content (AvgIpc) is 3.24. The van der Waals surface area contributed by atoms with E-state index in [1.54, 1.807) is 0 Å². The van der Waals surface area contributed by atoms with Crippen molar-refractivity contribution in [1.82, 2.24) is 14.3 Å². The van der Waals surface area contributed by atoms with Gasteiger partial charge < -0.3 is 0 Å². The van der Waals surface area contributed by atoms with Gasteiger partial charge in [-0.1, -0.05) is 62.4 Å². The van der Waals surface area contributed by atoms with Gasteiger partial charge in [0.15, 0.2) is 5.78 Å². The van der Waals surface area contributed by atoms with Gasteiger partial charge in [-0.05, 0) is 42.3 Å². The van der Waals surface area contributed by atoms with Gasteiger partial charge >= 0.3 is 0 Å². The van der Waals surface area contributed by atoms with Gasteiger partial charge in [0.2, 0.25) is 11.9 Å². The number of nitrogens with one attached hydrogen (secondary N) is 1. The lowest BCUT2D eigenvalue weighted by atomic mass is 9.74. The number of carbonyl (C=O) groups excluding carboxylic acids is 2. The van der Waals surface area contributed by atoms with Crippen LogP contribution in [0.3, 0.4) is 0 Å². The first-order valence-corrected chi connectivity index (χ1v) is 12.8. The predicted molar refractivity (Wildman–Crippen MR) is 134 cm³/mol. The molecule has 9 heteroatoms.